The largest absolute Gasteiger partial charge is 0.311 e. The summed E-state index contributed by atoms with van der Waals surface area (Å²) in [6.07, 6.45) is 4.04. The smallest absolute Gasteiger partial charge is 0.176 e. The number of hydrogen-bond donors (Lipinski definition) is 1. The molecule has 110 valence electrons. The highest BCUT2D eigenvalue weighted by Gasteiger charge is 2.14. The van der Waals surface area contributed by atoms with Crippen LogP contribution in [0.4, 0.5) is 0 Å². The van der Waals surface area contributed by atoms with Crippen molar-refractivity contribution in [2.45, 2.75) is 33.2 Å². The molecule has 0 fully saturated rings. The fraction of sp³-hybridized carbons (Fsp3) is 0.375. The molecule has 0 bridgehead atoms. The van der Waals surface area contributed by atoms with Crippen molar-refractivity contribution >= 4 is 5.65 Å². The van der Waals surface area contributed by atoms with E-state index in [-0.39, 0.29) is 0 Å². The van der Waals surface area contributed by atoms with E-state index in [4.69, 9.17) is 4.98 Å². The van der Waals surface area contributed by atoms with E-state index >= 15 is 0 Å². The van der Waals surface area contributed by atoms with Gasteiger partial charge in [-0.05, 0) is 30.7 Å². The van der Waals surface area contributed by atoms with Gasteiger partial charge in [0.2, 0.25) is 0 Å². The number of fused-ring (bicyclic) bond motifs is 1. The van der Waals surface area contributed by atoms with Gasteiger partial charge in [0.1, 0.15) is 5.65 Å². The van der Waals surface area contributed by atoms with Crippen LogP contribution in [0.25, 0.3) is 11.5 Å². The molecule has 0 spiro atoms. The lowest BCUT2D eigenvalue weighted by atomic mass is 10.1. The van der Waals surface area contributed by atoms with Crippen molar-refractivity contribution < 1.29 is 0 Å². The molecule has 0 aromatic carbocycles. The Kier molecular flexibility index (Phi) is 3.75. The van der Waals surface area contributed by atoms with Gasteiger partial charge in [0.25, 0.3) is 0 Å². The number of imidazole rings is 1. The van der Waals surface area contributed by atoms with Gasteiger partial charge in [-0.25, -0.2) is 9.67 Å². The number of nitrogens with zero attached hydrogens (tertiary/aromatic N) is 4. The van der Waals surface area contributed by atoms with Crippen LogP contribution in [0.2, 0.25) is 0 Å². The molecule has 0 saturated carbocycles. The maximum Gasteiger partial charge on any atom is 0.176 e. The summed E-state index contributed by atoms with van der Waals surface area (Å²) < 4.78 is 4.00. The Morgan fingerprint density at radius 1 is 1.19 bits per heavy atom. The predicted octanol–water partition coefficient (Wildman–Crippen LogP) is 2.75. The Balaban J connectivity index is 2.11. The lowest BCUT2D eigenvalue weighted by molar-refractivity contribution is 0.689. The van der Waals surface area contributed by atoms with Crippen molar-refractivity contribution in [2.24, 2.45) is 0 Å². The summed E-state index contributed by atoms with van der Waals surface area (Å²) >= 11 is 0. The summed E-state index contributed by atoms with van der Waals surface area (Å²) in [6.45, 7) is 8.10. The third-order valence-corrected chi connectivity index (χ3v) is 3.57. The summed E-state index contributed by atoms with van der Waals surface area (Å²) in [5.74, 6) is 1.31. The molecule has 21 heavy (non-hydrogen) atoms. The third kappa shape index (κ3) is 2.56. The van der Waals surface area contributed by atoms with Crippen LogP contribution in [0.3, 0.4) is 0 Å². The molecule has 0 saturated heterocycles. The lowest BCUT2D eigenvalue weighted by Crippen LogP contribution is -2.15. The van der Waals surface area contributed by atoms with Gasteiger partial charge < -0.3 is 9.72 Å². The zero-order chi connectivity index (χ0) is 14.8. The van der Waals surface area contributed by atoms with E-state index in [9.17, 15) is 0 Å². The topological polar surface area (TPSA) is 47.2 Å². The summed E-state index contributed by atoms with van der Waals surface area (Å²) in [5.41, 5.74) is 3.16. The summed E-state index contributed by atoms with van der Waals surface area (Å²) in [7, 11) is 0. The first-order valence-electron chi connectivity index (χ1n) is 7.43. The Labute approximate surface area is 124 Å². The molecule has 3 rings (SSSR count). The van der Waals surface area contributed by atoms with Crippen LogP contribution >= 0.6 is 0 Å². The first kappa shape index (κ1) is 13.8. The molecule has 3 aromatic heterocycles. The van der Waals surface area contributed by atoms with Crippen LogP contribution in [-0.2, 0) is 6.54 Å². The first-order chi connectivity index (χ1) is 10.2. The number of rotatable bonds is 5. The van der Waals surface area contributed by atoms with Gasteiger partial charge in [0.15, 0.2) is 5.82 Å². The minimum Gasteiger partial charge on any atom is -0.311 e. The molecule has 3 heterocycles. The molecule has 0 aliphatic heterocycles. The predicted molar refractivity (Wildman–Crippen MR) is 83.8 cm³/mol. The molecular weight excluding hydrogens is 262 g/mol. The number of nitrogens with one attached hydrogen (secondary N) is 1. The van der Waals surface area contributed by atoms with Gasteiger partial charge >= 0.3 is 0 Å². The fourth-order valence-corrected chi connectivity index (χ4v) is 2.39. The van der Waals surface area contributed by atoms with Crippen LogP contribution in [0.5, 0.6) is 0 Å². The minimum atomic E-state index is 0.417. The number of aromatic nitrogens is 4. The Bertz CT molecular complexity index is 738. The van der Waals surface area contributed by atoms with Crippen LogP contribution < -0.4 is 5.32 Å². The van der Waals surface area contributed by atoms with Gasteiger partial charge in [0.05, 0.1) is 11.4 Å². The van der Waals surface area contributed by atoms with Crippen LogP contribution in [0.15, 0.2) is 36.7 Å². The molecule has 0 radical (unpaired) electrons. The average molecular weight is 283 g/mol. The molecule has 5 nitrogen and oxygen atoms in total. The van der Waals surface area contributed by atoms with E-state index < -0.39 is 0 Å². The molecule has 3 aromatic rings. The summed E-state index contributed by atoms with van der Waals surface area (Å²) in [5, 5.41) is 8.04. The van der Waals surface area contributed by atoms with E-state index in [1.54, 1.807) is 0 Å². The molecule has 5 heteroatoms. The lowest BCUT2D eigenvalue weighted by Gasteiger charge is -2.05. The second-order valence-corrected chi connectivity index (χ2v) is 5.43. The van der Waals surface area contributed by atoms with E-state index in [2.05, 4.69) is 41.7 Å². The van der Waals surface area contributed by atoms with E-state index in [1.807, 2.05) is 35.3 Å². The normalized spacial score (nSPS) is 11.6. The molecule has 0 atom stereocenters. The molecule has 0 amide bonds. The van der Waals surface area contributed by atoms with Gasteiger partial charge in [-0.3, -0.25) is 0 Å². The highest BCUT2D eigenvalue weighted by molar-refractivity contribution is 5.48. The van der Waals surface area contributed by atoms with Crippen molar-refractivity contribution in [3.63, 3.8) is 0 Å². The maximum atomic E-state index is 4.73. The summed E-state index contributed by atoms with van der Waals surface area (Å²) in [4.78, 5) is 4.73. The third-order valence-electron chi connectivity index (χ3n) is 3.57. The Morgan fingerprint density at radius 3 is 2.76 bits per heavy atom. The molecular formula is C16H21N5. The quantitative estimate of drug-likeness (QED) is 0.783. The van der Waals surface area contributed by atoms with Gasteiger partial charge in [-0.2, -0.15) is 5.10 Å². The van der Waals surface area contributed by atoms with Crippen molar-refractivity contribution in [1.29, 1.82) is 0 Å². The molecule has 0 aliphatic rings. The monoisotopic (exact) mass is 283 g/mol. The highest BCUT2D eigenvalue weighted by Crippen LogP contribution is 2.18. The second-order valence-electron chi connectivity index (χ2n) is 5.43. The summed E-state index contributed by atoms with van der Waals surface area (Å²) in [6, 6.07) is 8.11. The van der Waals surface area contributed by atoms with Crippen LogP contribution in [-0.4, -0.2) is 25.7 Å². The fourth-order valence-electron chi connectivity index (χ4n) is 2.39. The van der Waals surface area contributed by atoms with Gasteiger partial charge in [-0.15, -0.1) is 0 Å². The van der Waals surface area contributed by atoms with Crippen molar-refractivity contribution in [3.05, 3.63) is 48.0 Å². The molecule has 1 N–H and O–H groups in total. The number of hydrogen-bond acceptors (Lipinski definition) is 3. The SMILES string of the molecule is CCNCc1c(-n2ccc(C(C)C)n2)nc2ccccn12. The minimum absolute atomic E-state index is 0.417. The van der Waals surface area contributed by atoms with E-state index in [1.165, 1.54) is 0 Å². The number of pyridine rings is 1. The van der Waals surface area contributed by atoms with Crippen molar-refractivity contribution in [3.8, 4) is 5.82 Å². The van der Waals surface area contributed by atoms with Crippen LogP contribution in [0, 0.1) is 0 Å². The second kappa shape index (κ2) is 5.69. The molecule has 0 unspecified atom stereocenters. The molecule has 0 aliphatic carbocycles. The van der Waals surface area contributed by atoms with E-state index in [0.29, 0.717) is 5.92 Å². The Hall–Kier alpha value is -2.14. The van der Waals surface area contributed by atoms with E-state index in [0.717, 1.165) is 35.9 Å². The first-order valence-corrected chi connectivity index (χ1v) is 7.43. The van der Waals surface area contributed by atoms with Crippen molar-refractivity contribution in [2.75, 3.05) is 6.54 Å². The highest BCUT2D eigenvalue weighted by atomic mass is 15.3. The average Bonchev–Trinajstić information content (AvgIpc) is 3.09. The van der Waals surface area contributed by atoms with Gasteiger partial charge in [-0.1, -0.05) is 26.8 Å². The Morgan fingerprint density at radius 2 is 2.05 bits per heavy atom. The standard InChI is InChI=1S/C16H21N5/c1-4-17-11-14-16(18-15-7-5-6-9-20(14)15)21-10-8-13(19-21)12(2)3/h5-10,12,17H,4,11H2,1-3H3. The maximum absolute atomic E-state index is 4.73. The van der Waals surface area contributed by atoms with Crippen molar-refractivity contribution in [1.82, 2.24) is 24.5 Å². The van der Waals surface area contributed by atoms with Gasteiger partial charge in [0, 0.05) is 18.9 Å². The van der Waals surface area contributed by atoms with Crippen LogP contribution in [0.1, 0.15) is 38.1 Å². The zero-order valence-electron chi connectivity index (χ0n) is 12.7. The zero-order valence-corrected chi connectivity index (χ0v) is 12.7.